The van der Waals surface area contributed by atoms with Crippen LogP contribution in [-0.4, -0.2) is 17.6 Å². The van der Waals surface area contributed by atoms with E-state index in [0.29, 0.717) is 5.56 Å². The summed E-state index contributed by atoms with van der Waals surface area (Å²) in [4.78, 5) is 13.4. The minimum absolute atomic E-state index is 0.221. The first-order valence-electron chi connectivity index (χ1n) is 6.48. The molecule has 0 aliphatic carbocycles. The van der Waals surface area contributed by atoms with Gasteiger partial charge >= 0.3 is 5.97 Å². The lowest BCUT2D eigenvalue weighted by Gasteiger charge is -2.26. The second-order valence-corrected chi connectivity index (χ2v) is 6.02. The number of carboxylic acid groups (broad SMARTS) is 1. The molecule has 3 rings (SSSR count). The SMILES string of the molecule is O=C(O)c1ccc2c(c1)N(C(I)c1ccccc1)CC2. The van der Waals surface area contributed by atoms with Crippen LogP contribution in [0, 0.1) is 0 Å². The average Bonchev–Trinajstić information content (AvgIpc) is 2.90. The molecule has 1 atom stereocenters. The van der Waals surface area contributed by atoms with Crippen molar-refractivity contribution in [2.24, 2.45) is 0 Å². The number of carbonyl (C=O) groups is 1. The number of nitrogens with zero attached hydrogens (tertiary/aromatic N) is 1. The van der Waals surface area contributed by atoms with Gasteiger partial charge in [0.2, 0.25) is 0 Å². The molecule has 1 N–H and O–H groups in total. The third-order valence-electron chi connectivity index (χ3n) is 3.61. The molecule has 102 valence electrons. The summed E-state index contributed by atoms with van der Waals surface area (Å²) in [7, 11) is 0. The number of carboxylic acids is 1. The van der Waals surface area contributed by atoms with Crippen molar-refractivity contribution in [3.63, 3.8) is 0 Å². The molecule has 2 aromatic carbocycles. The lowest BCUT2D eigenvalue weighted by atomic mass is 10.1. The third kappa shape index (κ3) is 2.40. The molecular weight excluding hydrogens is 365 g/mol. The molecule has 0 saturated heterocycles. The van der Waals surface area contributed by atoms with Crippen molar-refractivity contribution in [1.82, 2.24) is 0 Å². The number of anilines is 1. The van der Waals surface area contributed by atoms with Crippen LogP contribution in [0.4, 0.5) is 5.69 Å². The Balaban J connectivity index is 1.96. The van der Waals surface area contributed by atoms with Gasteiger partial charge in [-0.25, -0.2) is 4.79 Å². The van der Waals surface area contributed by atoms with Crippen molar-refractivity contribution < 1.29 is 9.90 Å². The van der Waals surface area contributed by atoms with Crippen LogP contribution < -0.4 is 4.90 Å². The molecule has 2 aromatic rings. The highest BCUT2D eigenvalue weighted by molar-refractivity contribution is 14.1. The minimum atomic E-state index is -0.871. The largest absolute Gasteiger partial charge is 0.478 e. The predicted molar refractivity (Wildman–Crippen MR) is 87.7 cm³/mol. The van der Waals surface area contributed by atoms with Crippen LogP contribution in [0.3, 0.4) is 0 Å². The second-order valence-electron chi connectivity index (χ2n) is 4.84. The summed E-state index contributed by atoms with van der Waals surface area (Å²) >= 11 is 2.41. The van der Waals surface area contributed by atoms with Gasteiger partial charge in [-0.15, -0.1) is 0 Å². The second kappa shape index (κ2) is 5.44. The van der Waals surface area contributed by atoms with E-state index in [1.165, 1.54) is 11.1 Å². The number of hydrogen-bond donors (Lipinski definition) is 1. The molecule has 0 fully saturated rings. The quantitative estimate of drug-likeness (QED) is 0.500. The number of benzene rings is 2. The number of fused-ring (bicyclic) bond motifs is 1. The molecule has 1 aliphatic heterocycles. The molecule has 20 heavy (non-hydrogen) atoms. The fraction of sp³-hybridized carbons (Fsp3) is 0.188. The third-order valence-corrected chi connectivity index (χ3v) is 5.00. The van der Waals surface area contributed by atoms with Crippen LogP contribution in [0.5, 0.6) is 0 Å². The molecule has 3 nitrogen and oxygen atoms in total. The van der Waals surface area contributed by atoms with Gasteiger partial charge in [-0.2, -0.15) is 0 Å². The van der Waals surface area contributed by atoms with Crippen molar-refractivity contribution >= 4 is 34.2 Å². The first-order chi connectivity index (χ1) is 9.66. The first-order valence-corrected chi connectivity index (χ1v) is 7.73. The summed E-state index contributed by atoms with van der Waals surface area (Å²) in [5, 5.41) is 9.14. The van der Waals surface area contributed by atoms with E-state index in [1.54, 1.807) is 12.1 Å². The number of halogens is 1. The van der Waals surface area contributed by atoms with E-state index in [1.807, 2.05) is 24.3 Å². The Hall–Kier alpha value is -1.56. The summed E-state index contributed by atoms with van der Waals surface area (Å²) in [6.07, 6.45) is 0.974. The lowest BCUT2D eigenvalue weighted by Crippen LogP contribution is -2.22. The van der Waals surface area contributed by atoms with Gasteiger partial charge in [0.05, 0.1) is 5.56 Å². The Labute approximate surface area is 131 Å². The number of aromatic carboxylic acids is 1. The monoisotopic (exact) mass is 379 g/mol. The van der Waals surface area contributed by atoms with E-state index < -0.39 is 5.97 Å². The topological polar surface area (TPSA) is 40.5 Å². The fourth-order valence-corrected chi connectivity index (χ4v) is 3.56. The van der Waals surface area contributed by atoms with Gasteiger partial charge < -0.3 is 10.0 Å². The van der Waals surface area contributed by atoms with Gasteiger partial charge in [0.25, 0.3) is 0 Å². The Morgan fingerprint density at radius 2 is 1.95 bits per heavy atom. The molecule has 0 spiro atoms. The van der Waals surface area contributed by atoms with Crippen LogP contribution in [0.2, 0.25) is 0 Å². The van der Waals surface area contributed by atoms with Gasteiger partial charge in [0, 0.05) is 12.2 Å². The fourth-order valence-electron chi connectivity index (χ4n) is 2.56. The minimum Gasteiger partial charge on any atom is -0.478 e. The summed E-state index contributed by atoms with van der Waals surface area (Å²) < 4.78 is 0.221. The summed E-state index contributed by atoms with van der Waals surface area (Å²) in [6, 6.07) is 15.7. The highest BCUT2D eigenvalue weighted by Gasteiger charge is 2.26. The van der Waals surface area contributed by atoms with Crippen LogP contribution in [0.25, 0.3) is 0 Å². The molecule has 0 radical (unpaired) electrons. The highest BCUT2D eigenvalue weighted by atomic mass is 127. The van der Waals surface area contributed by atoms with Crippen LogP contribution >= 0.6 is 22.6 Å². The Kier molecular flexibility index (Phi) is 3.65. The summed E-state index contributed by atoms with van der Waals surface area (Å²) in [5.41, 5.74) is 3.87. The molecule has 1 heterocycles. The van der Waals surface area contributed by atoms with Gasteiger partial charge in [-0.05, 0) is 29.7 Å². The Bertz CT molecular complexity index is 642. The predicted octanol–water partition coefficient (Wildman–Crippen LogP) is 3.88. The maximum absolute atomic E-state index is 11.1. The van der Waals surface area contributed by atoms with E-state index in [0.717, 1.165) is 18.7 Å². The van der Waals surface area contributed by atoms with E-state index in [4.69, 9.17) is 5.11 Å². The molecule has 0 bridgehead atoms. The van der Waals surface area contributed by atoms with Crippen LogP contribution in [-0.2, 0) is 6.42 Å². The van der Waals surface area contributed by atoms with Gasteiger partial charge in [0.1, 0.15) is 4.05 Å². The highest BCUT2D eigenvalue weighted by Crippen LogP contribution is 2.38. The van der Waals surface area contributed by atoms with Crippen molar-refractivity contribution in [1.29, 1.82) is 0 Å². The number of hydrogen-bond acceptors (Lipinski definition) is 2. The smallest absolute Gasteiger partial charge is 0.335 e. The lowest BCUT2D eigenvalue weighted by molar-refractivity contribution is 0.0697. The maximum atomic E-state index is 11.1. The Morgan fingerprint density at radius 3 is 2.65 bits per heavy atom. The maximum Gasteiger partial charge on any atom is 0.335 e. The molecular formula is C16H14INO2. The van der Waals surface area contributed by atoms with Gasteiger partial charge in [-0.3, -0.25) is 0 Å². The van der Waals surface area contributed by atoms with Crippen molar-refractivity contribution in [2.45, 2.75) is 10.5 Å². The van der Waals surface area contributed by atoms with E-state index in [-0.39, 0.29) is 4.05 Å². The number of alkyl halides is 1. The summed E-state index contributed by atoms with van der Waals surface area (Å²) in [6.45, 7) is 0.931. The van der Waals surface area contributed by atoms with Crippen LogP contribution in [0.15, 0.2) is 48.5 Å². The molecule has 4 heteroatoms. The number of rotatable bonds is 3. The van der Waals surface area contributed by atoms with E-state index in [2.05, 4.69) is 39.6 Å². The van der Waals surface area contributed by atoms with Crippen LogP contribution in [0.1, 0.15) is 25.5 Å². The molecule has 1 unspecified atom stereocenters. The molecule has 1 aliphatic rings. The molecule has 0 saturated carbocycles. The van der Waals surface area contributed by atoms with E-state index in [9.17, 15) is 4.79 Å². The van der Waals surface area contributed by atoms with Gasteiger partial charge in [0.15, 0.2) is 0 Å². The zero-order chi connectivity index (χ0) is 14.1. The Morgan fingerprint density at radius 1 is 1.20 bits per heavy atom. The van der Waals surface area contributed by atoms with Crippen molar-refractivity contribution in [3.05, 3.63) is 65.2 Å². The first kappa shape index (κ1) is 13.4. The van der Waals surface area contributed by atoms with E-state index >= 15 is 0 Å². The zero-order valence-electron chi connectivity index (χ0n) is 10.8. The van der Waals surface area contributed by atoms with Crippen molar-refractivity contribution in [3.8, 4) is 0 Å². The van der Waals surface area contributed by atoms with Gasteiger partial charge in [-0.1, -0.05) is 59.0 Å². The molecule has 0 aromatic heterocycles. The van der Waals surface area contributed by atoms with Crippen molar-refractivity contribution in [2.75, 3.05) is 11.4 Å². The summed E-state index contributed by atoms with van der Waals surface area (Å²) in [5.74, 6) is -0.871. The standard InChI is InChI=1S/C16H14INO2/c17-15(12-4-2-1-3-5-12)18-9-8-11-6-7-13(16(19)20)10-14(11)18/h1-7,10,15H,8-9H2,(H,19,20). The zero-order valence-corrected chi connectivity index (χ0v) is 12.9. The normalized spacial score (nSPS) is 14.9. The molecule has 0 amide bonds. The average molecular weight is 379 g/mol.